The van der Waals surface area contributed by atoms with Crippen LogP contribution in [0.25, 0.3) is 0 Å². The average Bonchev–Trinajstić information content (AvgIpc) is 2.75. The van der Waals surface area contributed by atoms with Crippen LogP contribution < -0.4 is 0 Å². The van der Waals surface area contributed by atoms with Gasteiger partial charge in [-0.1, -0.05) is 36.4 Å². The lowest BCUT2D eigenvalue weighted by atomic mass is 9.92. The summed E-state index contributed by atoms with van der Waals surface area (Å²) in [5, 5.41) is 12.1. The molecule has 0 saturated heterocycles. The highest BCUT2D eigenvalue weighted by atomic mass is 32.2. The van der Waals surface area contributed by atoms with Crippen molar-refractivity contribution in [2.45, 2.75) is 31.5 Å². The Kier molecular flexibility index (Phi) is 3.92. The summed E-state index contributed by atoms with van der Waals surface area (Å²) in [6.45, 7) is 4.24. The number of thioether (sulfide) groups is 1. The Bertz CT molecular complexity index is 381. The minimum Gasteiger partial charge on any atom is -0.390 e. The first-order valence-electron chi connectivity index (χ1n) is 5.77. The minimum atomic E-state index is -0.735. The molecule has 3 heteroatoms. The molecule has 0 aliphatic carbocycles. The molecule has 1 aromatic carbocycles. The van der Waals surface area contributed by atoms with Gasteiger partial charge in [-0.05, 0) is 24.8 Å². The number of hydrogen-bond acceptors (Lipinski definition) is 3. The number of rotatable bonds is 4. The van der Waals surface area contributed by atoms with Gasteiger partial charge in [0.1, 0.15) is 5.44 Å². The summed E-state index contributed by atoms with van der Waals surface area (Å²) in [5.41, 5.74) is 0.436. The minimum absolute atomic E-state index is 0.00945. The molecule has 0 fully saturated rings. The smallest absolute Gasteiger partial charge is 0.116 e. The van der Waals surface area contributed by atoms with E-state index in [-0.39, 0.29) is 11.4 Å². The zero-order valence-corrected chi connectivity index (χ0v) is 11.0. The summed E-state index contributed by atoms with van der Waals surface area (Å²) in [7, 11) is 0. The zero-order chi connectivity index (χ0) is 12.3. The molecular weight excluding hydrogens is 232 g/mol. The Morgan fingerprint density at radius 2 is 2.00 bits per heavy atom. The molecule has 2 atom stereocenters. The highest BCUT2D eigenvalue weighted by Gasteiger charge is 2.35. The maximum atomic E-state index is 10.0. The molecule has 2 rings (SSSR count). The van der Waals surface area contributed by atoms with Crippen LogP contribution in [-0.2, 0) is 11.3 Å². The summed E-state index contributed by atoms with van der Waals surface area (Å²) >= 11 is 1.63. The van der Waals surface area contributed by atoms with E-state index in [2.05, 4.69) is 0 Å². The Labute approximate surface area is 107 Å². The van der Waals surface area contributed by atoms with Crippen LogP contribution in [0.5, 0.6) is 0 Å². The van der Waals surface area contributed by atoms with E-state index < -0.39 is 5.60 Å². The molecule has 17 heavy (non-hydrogen) atoms. The second-order valence-electron chi connectivity index (χ2n) is 4.81. The quantitative estimate of drug-likeness (QED) is 0.890. The number of hydrogen-bond donors (Lipinski definition) is 1. The topological polar surface area (TPSA) is 29.5 Å². The molecule has 0 radical (unpaired) electrons. The Balaban J connectivity index is 1.92. The van der Waals surface area contributed by atoms with E-state index in [4.69, 9.17) is 4.74 Å². The highest BCUT2D eigenvalue weighted by molar-refractivity contribution is 8.02. The van der Waals surface area contributed by atoms with Crippen molar-refractivity contribution >= 4 is 11.8 Å². The summed E-state index contributed by atoms with van der Waals surface area (Å²) in [4.78, 5) is 0. The molecule has 1 N–H and O–H groups in total. The van der Waals surface area contributed by atoms with Crippen molar-refractivity contribution in [3.8, 4) is 0 Å². The monoisotopic (exact) mass is 250 g/mol. The Morgan fingerprint density at radius 3 is 2.65 bits per heavy atom. The van der Waals surface area contributed by atoms with Gasteiger partial charge in [0.05, 0.1) is 12.2 Å². The maximum absolute atomic E-state index is 10.0. The molecule has 0 aromatic heterocycles. The SMILES string of the molecule is CC(C)(O)C1C=CSC1OCc1ccccc1. The predicted molar refractivity (Wildman–Crippen MR) is 71.5 cm³/mol. The van der Waals surface area contributed by atoms with Crippen molar-refractivity contribution in [3.63, 3.8) is 0 Å². The number of ether oxygens (including phenoxy) is 1. The van der Waals surface area contributed by atoms with E-state index in [1.807, 2.05) is 55.7 Å². The zero-order valence-electron chi connectivity index (χ0n) is 10.2. The summed E-state index contributed by atoms with van der Waals surface area (Å²) in [6.07, 6.45) is 2.03. The van der Waals surface area contributed by atoms with Gasteiger partial charge in [-0.25, -0.2) is 0 Å². The van der Waals surface area contributed by atoms with Gasteiger partial charge in [0.25, 0.3) is 0 Å². The van der Waals surface area contributed by atoms with Crippen LogP contribution in [0.15, 0.2) is 41.8 Å². The molecule has 2 nitrogen and oxygen atoms in total. The number of aliphatic hydroxyl groups is 1. The van der Waals surface area contributed by atoms with Crippen molar-refractivity contribution in [1.29, 1.82) is 0 Å². The standard InChI is InChI=1S/C14H18O2S/c1-14(2,15)12-8-9-17-13(12)16-10-11-6-4-3-5-7-11/h3-9,12-13,15H,10H2,1-2H3. The van der Waals surface area contributed by atoms with Crippen molar-refractivity contribution in [2.75, 3.05) is 0 Å². The van der Waals surface area contributed by atoms with Gasteiger partial charge in [-0.2, -0.15) is 0 Å². The van der Waals surface area contributed by atoms with Gasteiger partial charge in [0.15, 0.2) is 0 Å². The summed E-state index contributed by atoms with van der Waals surface area (Å²) in [5.74, 6) is 0.0520. The van der Waals surface area contributed by atoms with Crippen molar-refractivity contribution in [2.24, 2.45) is 5.92 Å². The van der Waals surface area contributed by atoms with Crippen LogP contribution in [0.2, 0.25) is 0 Å². The number of benzene rings is 1. The first-order valence-corrected chi connectivity index (χ1v) is 6.72. The van der Waals surface area contributed by atoms with Crippen molar-refractivity contribution in [3.05, 3.63) is 47.4 Å². The van der Waals surface area contributed by atoms with E-state index in [0.29, 0.717) is 6.61 Å². The Hall–Kier alpha value is -0.770. The lowest BCUT2D eigenvalue weighted by Gasteiger charge is -2.29. The van der Waals surface area contributed by atoms with E-state index in [1.54, 1.807) is 11.8 Å². The van der Waals surface area contributed by atoms with E-state index in [1.165, 1.54) is 0 Å². The largest absolute Gasteiger partial charge is 0.390 e. The van der Waals surface area contributed by atoms with Crippen molar-refractivity contribution < 1.29 is 9.84 Å². The molecule has 0 bridgehead atoms. The molecular formula is C14H18O2S. The molecule has 0 amide bonds. The van der Waals surface area contributed by atoms with Gasteiger partial charge in [-0.15, -0.1) is 11.8 Å². The summed E-state index contributed by atoms with van der Waals surface area (Å²) in [6, 6.07) is 10.1. The molecule has 1 aliphatic rings. The Morgan fingerprint density at radius 1 is 1.29 bits per heavy atom. The van der Waals surface area contributed by atoms with E-state index in [0.717, 1.165) is 5.56 Å². The van der Waals surface area contributed by atoms with Crippen LogP contribution >= 0.6 is 11.8 Å². The predicted octanol–water partition coefficient (Wildman–Crippen LogP) is 3.18. The second-order valence-corrected chi connectivity index (χ2v) is 5.82. The van der Waals surface area contributed by atoms with Gasteiger partial charge in [0, 0.05) is 5.92 Å². The normalized spacial score (nSPS) is 24.2. The molecule has 0 saturated carbocycles. The summed E-state index contributed by atoms with van der Waals surface area (Å²) < 4.78 is 5.87. The van der Waals surface area contributed by atoms with Gasteiger partial charge in [0.2, 0.25) is 0 Å². The first kappa shape index (κ1) is 12.7. The van der Waals surface area contributed by atoms with Crippen LogP contribution in [0.1, 0.15) is 19.4 Å². The van der Waals surface area contributed by atoms with Crippen molar-refractivity contribution in [1.82, 2.24) is 0 Å². The second kappa shape index (κ2) is 5.25. The first-order chi connectivity index (χ1) is 8.07. The lowest BCUT2D eigenvalue weighted by molar-refractivity contribution is -0.0249. The molecule has 1 aliphatic heterocycles. The van der Waals surface area contributed by atoms with E-state index >= 15 is 0 Å². The van der Waals surface area contributed by atoms with Crippen LogP contribution in [0.4, 0.5) is 0 Å². The fourth-order valence-corrected chi connectivity index (χ4v) is 3.00. The molecule has 1 aromatic rings. The molecule has 1 heterocycles. The molecule has 2 unspecified atom stereocenters. The fourth-order valence-electron chi connectivity index (χ4n) is 1.85. The average molecular weight is 250 g/mol. The van der Waals surface area contributed by atoms with Crippen LogP contribution in [0, 0.1) is 5.92 Å². The highest BCUT2D eigenvalue weighted by Crippen LogP contribution is 2.37. The third-order valence-electron chi connectivity index (χ3n) is 2.86. The molecule has 92 valence electrons. The maximum Gasteiger partial charge on any atom is 0.116 e. The van der Waals surface area contributed by atoms with Crippen LogP contribution in [0.3, 0.4) is 0 Å². The third kappa shape index (κ3) is 3.35. The van der Waals surface area contributed by atoms with Crippen LogP contribution in [-0.4, -0.2) is 16.1 Å². The lowest BCUT2D eigenvalue weighted by Crippen LogP contribution is -2.36. The fraction of sp³-hybridized carbons (Fsp3) is 0.429. The van der Waals surface area contributed by atoms with E-state index in [9.17, 15) is 5.11 Å². The van der Waals surface area contributed by atoms with Gasteiger partial charge >= 0.3 is 0 Å². The van der Waals surface area contributed by atoms with Gasteiger partial charge < -0.3 is 9.84 Å². The molecule has 0 spiro atoms. The van der Waals surface area contributed by atoms with Gasteiger partial charge in [-0.3, -0.25) is 0 Å². The third-order valence-corrected chi connectivity index (χ3v) is 3.88.